The summed E-state index contributed by atoms with van der Waals surface area (Å²) in [7, 11) is 3.24. The van der Waals surface area contributed by atoms with Gasteiger partial charge < -0.3 is 52.3 Å². The summed E-state index contributed by atoms with van der Waals surface area (Å²) in [5.74, 6) is 1.62. The fraction of sp³-hybridized carbons (Fsp3) is 0.574. The van der Waals surface area contributed by atoms with Crippen molar-refractivity contribution in [3.63, 3.8) is 0 Å². The van der Waals surface area contributed by atoms with Crippen molar-refractivity contribution in [1.82, 2.24) is 9.80 Å². The minimum Gasteiger partial charge on any atom is -0.493 e. The third kappa shape index (κ3) is 14.2. The SMILES string of the molecule is CC(C)(C)OC(=O)OC(=O)OC(C)(C)C.CCOC(=O)[C@@H]1CN(C(=O)OC(C)(C)C)C[C@]12CCOc1c(OC)cccc12.CCOC(=O)[C@@H]1CN(Cc2ccccc2)C[C@]12CCOc1c(OC)cccc12. The van der Waals surface area contributed by atoms with Crippen LogP contribution in [0, 0.1) is 11.8 Å². The van der Waals surface area contributed by atoms with E-state index in [0.29, 0.717) is 57.4 Å². The van der Waals surface area contributed by atoms with Gasteiger partial charge in [0.1, 0.15) is 16.8 Å². The number of amides is 1. The van der Waals surface area contributed by atoms with E-state index in [9.17, 15) is 24.0 Å². The normalized spacial score (nSPS) is 21.3. The van der Waals surface area contributed by atoms with Crippen LogP contribution in [0.25, 0.3) is 0 Å². The Morgan fingerprint density at radius 1 is 0.592 bits per heavy atom. The molecule has 0 aromatic heterocycles. The van der Waals surface area contributed by atoms with Crippen LogP contribution in [0.2, 0.25) is 0 Å². The van der Waals surface area contributed by atoms with Crippen LogP contribution in [0.4, 0.5) is 14.4 Å². The lowest BCUT2D eigenvalue weighted by Gasteiger charge is -2.39. The smallest absolute Gasteiger partial charge is 0.493 e. The summed E-state index contributed by atoms with van der Waals surface area (Å²) in [4.78, 5) is 64.6. The number of benzene rings is 3. The lowest BCUT2D eigenvalue weighted by atomic mass is 9.69. The summed E-state index contributed by atoms with van der Waals surface area (Å²) in [5.41, 5.74) is 0.282. The van der Waals surface area contributed by atoms with Gasteiger partial charge in [0.2, 0.25) is 0 Å². The molecule has 0 bridgehead atoms. The fourth-order valence-electron chi connectivity index (χ4n) is 9.47. The molecule has 0 unspecified atom stereocenters. The quantitative estimate of drug-likeness (QED) is 0.118. The number of rotatable bonds is 8. The molecular formula is C54H74N2O15. The standard InChI is InChI=1S/C23H27NO4.C21H29NO6.C10H18O5/c1-3-27-22(25)19-15-24(14-17-8-5-4-6-9-17)16-23(19)12-13-28-21-18(23)10-7-11-20(21)26-2;1-6-26-18(23)15-12-22(19(24)28-20(2,3)4)13-21(15)10-11-27-17-14(21)8-7-9-16(17)25-5;1-9(2,3)14-7(11)13-8(12)15-10(4,5)6/h4-11,19H,3,12-16H2,1-2H3;7-9,15H,6,10-13H2,1-5H3;1-6H3/t19-,23-;15-,21-;/m00./s1. The first-order valence-electron chi connectivity index (χ1n) is 24.2. The number of ether oxygens (including phenoxy) is 10. The summed E-state index contributed by atoms with van der Waals surface area (Å²) < 4.78 is 53.0. The highest BCUT2D eigenvalue weighted by Gasteiger charge is 2.57. The van der Waals surface area contributed by atoms with Gasteiger partial charge in [-0.3, -0.25) is 14.5 Å². The number of methoxy groups -OCH3 is 2. The number of hydrogen-bond donors (Lipinski definition) is 0. The Kier molecular flexibility index (Phi) is 18.3. The molecule has 2 fully saturated rings. The first kappa shape index (κ1) is 55.7. The van der Waals surface area contributed by atoms with Gasteiger partial charge in [0, 0.05) is 54.7 Å². The molecule has 3 aromatic rings. The van der Waals surface area contributed by atoms with Crippen LogP contribution in [0.1, 0.15) is 106 Å². The molecule has 2 spiro atoms. The summed E-state index contributed by atoms with van der Waals surface area (Å²) >= 11 is 0. The van der Waals surface area contributed by atoms with E-state index < -0.39 is 46.5 Å². The first-order chi connectivity index (χ1) is 33.4. The predicted molar refractivity (Wildman–Crippen MR) is 263 cm³/mol. The van der Waals surface area contributed by atoms with Gasteiger partial charge in [0.25, 0.3) is 0 Å². The number of nitrogens with zero attached hydrogens (tertiary/aromatic N) is 2. The average molecular weight is 991 g/mol. The second-order valence-electron chi connectivity index (χ2n) is 20.8. The summed E-state index contributed by atoms with van der Waals surface area (Å²) in [6.07, 6.45) is -1.14. The van der Waals surface area contributed by atoms with Crippen molar-refractivity contribution in [2.45, 2.75) is 123 Å². The van der Waals surface area contributed by atoms with Crippen molar-refractivity contribution in [3.05, 3.63) is 83.4 Å². The Morgan fingerprint density at radius 3 is 1.48 bits per heavy atom. The van der Waals surface area contributed by atoms with Gasteiger partial charge >= 0.3 is 30.3 Å². The third-order valence-corrected chi connectivity index (χ3v) is 12.2. The van der Waals surface area contributed by atoms with E-state index in [1.807, 2.05) is 64.1 Å². The minimum atomic E-state index is -1.06. The molecule has 7 rings (SSSR count). The predicted octanol–water partition coefficient (Wildman–Crippen LogP) is 9.43. The highest BCUT2D eigenvalue weighted by molar-refractivity contribution is 5.80. The molecule has 71 heavy (non-hydrogen) atoms. The van der Waals surface area contributed by atoms with Gasteiger partial charge in [-0.1, -0.05) is 54.6 Å². The van der Waals surface area contributed by atoms with E-state index in [-0.39, 0.29) is 29.8 Å². The number of carbonyl (C=O) groups is 5. The maximum absolute atomic E-state index is 13.0. The van der Waals surface area contributed by atoms with Gasteiger partial charge in [-0.2, -0.15) is 0 Å². The van der Waals surface area contributed by atoms with Crippen molar-refractivity contribution in [2.75, 3.05) is 66.8 Å². The van der Waals surface area contributed by atoms with Crippen molar-refractivity contribution >= 4 is 30.3 Å². The van der Waals surface area contributed by atoms with Crippen LogP contribution in [0.15, 0.2) is 66.7 Å². The van der Waals surface area contributed by atoms with E-state index in [1.165, 1.54) is 5.56 Å². The molecular weight excluding hydrogens is 917 g/mol. The molecule has 0 saturated carbocycles. The lowest BCUT2D eigenvalue weighted by Crippen LogP contribution is -2.44. The molecule has 4 heterocycles. The van der Waals surface area contributed by atoms with Gasteiger partial charge in [-0.05, 0) is 107 Å². The molecule has 4 atom stereocenters. The molecule has 3 aromatic carbocycles. The number of para-hydroxylation sites is 2. The Balaban J connectivity index is 0.000000209. The highest BCUT2D eigenvalue weighted by atomic mass is 16.8. The molecule has 17 nitrogen and oxygen atoms in total. The minimum absolute atomic E-state index is 0.117. The van der Waals surface area contributed by atoms with E-state index >= 15 is 0 Å². The molecule has 0 N–H and O–H groups in total. The molecule has 390 valence electrons. The van der Waals surface area contributed by atoms with Crippen molar-refractivity contribution in [1.29, 1.82) is 0 Å². The van der Waals surface area contributed by atoms with Crippen molar-refractivity contribution in [2.24, 2.45) is 11.8 Å². The summed E-state index contributed by atoms with van der Waals surface area (Å²) in [6, 6.07) is 22.0. The topological polar surface area (TPSA) is 184 Å². The Morgan fingerprint density at radius 2 is 1.04 bits per heavy atom. The molecule has 4 aliphatic heterocycles. The van der Waals surface area contributed by atoms with Crippen LogP contribution in [0.5, 0.6) is 23.0 Å². The van der Waals surface area contributed by atoms with E-state index in [4.69, 9.17) is 42.6 Å². The van der Waals surface area contributed by atoms with Crippen LogP contribution < -0.4 is 18.9 Å². The van der Waals surface area contributed by atoms with Crippen molar-refractivity contribution < 1.29 is 71.3 Å². The average Bonchev–Trinajstić information content (AvgIpc) is 3.84. The molecule has 17 heteroatoms. The highest BCUT2D eigenvalue weighted by Crippen LogP contribution is 2.53. The number of fused-ring (bicyclic) bond motifs is 4. The van der Waals surface area contributed by atoms with E-state index in [0.717, 1.165) is 42.1 Å². The largest absolute Gasteiger partial charge is 0.519 e. The Bertz CT molecular complexity index is 2290. The van der Waals surface area contributed by atoms with Gasteiger partial charge in [-0.15, -0.1) is 0 Å². The molecule has 0 aliphatic carbocycles. The van der Waals surface area contributed by atoms with Crippen LogP contribution >= 0.6 is 0 Å². The summed E-state index contributed by atoms with van der Waals surface area (Å²) in [5, 5.41) is 0. The maximum Gasteiger partial charge on any atom is 0.519 e. The Labute approximate surface area is 418 Å². The fourth-order valence-corrected chi connectivity index (χ4v) is 9.47. The molecule has 4 aliphatic rings. The van der Waals surface area contributed by atoms with E-state index in [1.54, 1.807) is 67.6 Å². The van der Waals surface area contributed by atoms with Gasteiger partial charge in [0.15, 0.2) is 23.0 Å². The third-order valence-electron chi connectivity index (χ3n) is 12.2. The lowest BCUT2D eigenvalue weighted by molar-refractivity contribution is -0.150. The van der Waals surface area contributed by atoms with Gasteiger partial charge in [-0.25, -0.2) is 14.4 Å². The number of carbonyl (C=O) groups excluding carboxylic acids is 5. The second kappa shape index (κ2) is 23.3. The molecule has 1 amide bonds. The molecule has 2 saturated heterocycles. The number of hydrogen-bond acceptors (Lipinski definition) is 16. The zero-order chi connectivity index (χ0) is 52.4. The second-order valence-corrected chi connectivity index (χ2v) is 20.8. The summed E-state index contributed by atoms with van der Waals surface area (Å²) in [6.45, 7) is 23.8. The zero-order valence-electron chi connectivity index (χ0n) is 43.8. The van der Waals surface area contributed by atoms with Crippen LogP contribution in [-0.4, -0.2) is 124 Å². The van der Waals surface area contributed by atoms with E-state index in [2.05, 4.69) is 40.0 Å². The number of likely N-dealkylation sites (tertiary alicyclic amines) is 2. The Hall–Kier alpha value is -6.23. The number of esters is 2. The first-order valence-corrected chi connectivity index (χ1v) is 24.2. The molecule has 0 radical (unpaired) electrons. The van der Waals surface area contributed by atoms with Gasteiger partial charge in [0.05, 0.1) is 52.5 Å². The maximum atomic E-state index is 13.0. The van der Waals surface area contributed by atoms with Crippen molar-refractivity contribution in [3.8, 4) is 23.0 Å². The zero-order valence-corrected chi connectivity index (χ0v) is 43.8. The monoisotopic (exact) mass is 991 g/mol. The van der Waals surface area contributed by atoms with Crippen LogP contribution in [-0.2, 0) is 55.4 Å². The van der Waals surface area contributed by atoms with Crippen LogP contribution in [0.3, 0.4) is 0 Å².